The van der Waals surface area contributed by atoms with E-state index in [2.05, 4.69) is 30.7 Å². The molecule has 1 aromatic carbocycles. The smallest absolute Gasteiger partial charge is 0.230 e. The Morgan fingerprint density at radius 2 is 1.85 bits per heavy atom. The summed E-state index contributed by atoms with van der Waals surface area (Å²) in [4.78, 5) is 17.6. The van der Waals surface area contributed by atoms with Crippen molar-refractivity contribution in [3.63, 3.8) is 0 Å². The number of imidazole rings is 1. The lowest BCUT2D eigenvalue weighted by Crippen LogP contribution is -2.32. The molecule has 0 bridgehead atoms. The minimum Gasteiger partial charge on any atom is -0.386 e. The molecular formula is C22H33N3O2. The van der Waals surface area contributed by atoms with E-state index in [9.17, 15) is 9.90 Å². The van der Waals surface area contributed by atoms with Crippen LogP contribution in [0.2, 0.25) is 0 Å². The van der Waals surface area contributed by atoms with Crippen LogP contribution in [0.3, 0.4) is 0 Å². The summed E-state index contributed by atoms with van der Waals surface area (Å²) in [6.45, 7) is 11.8. The normalized spacial score (nSPS) is 17.4. The van der Waals surface area contributed by atoms with Crippen molar-refractivity contribution in [2.75, 3.05) is 5.32 Å². The van der Waals surface area contributed by atoms with Crippen LogP contribution in [0.5, 0.6) is 0 Å². The molecule has 0 radical (unpaired) electrons. The summed E-state index contributed by atoms with van der Waals surface area (Å²) in [5.74, 6) is 0.506. The first-order valence-electron chi connectivity index (χ1n) is 10.0. The molecule has 27 heavy (non-hydrogen) atoms. The van der Waals surface area contributed by atoms with Gasteiger partial charge in [-0.05, 0) is 49.8 Å². The number of nitrogens with zero attached hydrogens (tertiary/aromatic N) is 2. The maximum atomic E-state index is 12.8. The van der Waals surface area contributed by atoms with Crippen molar-refractivity contribution >= 4 is 22.9 Å². The number of hydrogen-bond acceptors (Lipinski definition) is 3. The molecule has 1 aliphatic rings. The topological polar surface area (TPSA) is 67.2 Å². The Hall–Kier alpha value is -1.88. The monoisotopic (exact) mass is 371 g/mol. The van der Waals surface area contributed by atoms with Gasteiger partial charge in [0.15, 0.2) is 0 Å². The molecule has 1 saturated carbocycles. The highest BCUT2D eigenvalue weighted by atomic mass is 16.3. The standard InChI is InChI=1S/C22H33N3O2/c1-14(21(2,3)4)19(26)24-20-23-17-12-11-15(22(5,6)27)13-18(17)25(20)16-9-7-8-10-16/h11-14,16,27H,7-10H2,1-6H3,(H,23,24,26)/t14-/m1/s1. The summed E-state index contributed by atoms with van der Waals surface area (Å²) < 4.78 is 2.19. The third-order valence-corrected chi connectivity index (χ3v) is 6.01. The van der Waals surface area contributed by atoms with Gasteiger partial charge in [0.1, 0.15) is 0 Å². The van der Waals surface area contributed by atoms with Gasteiger partial charge in [-0.1, -0.05) is 46.6 Å². The number of hydrogen-bond donors (Lipinski definition) is 2. The second-order valence-corrected chi connectivity index (χ2v) is 9.58. The van der Waals surface area contributed by atoms with Crippen molar-refractivity contribution in [3.05, 3.63) is 23.8 Å². The Labute approximate surface area is 162 Å². The summed E-state index contributed by atoms with van der Waals surface area (Å²) in [7, 11) is 0. The third-order valence-electron chi connectivity index (χ3n) is 6.01. The minimum atomic E-state index is -0.914. The maximum absolute atomic E-state index is 12.8. The average Bonchev–Trinajstić information content (AvgIpc) is 3.18. The Kier molecular flexibility index (Phi) is 5.10. The van der Waals surface area contributed by atoms with Gasteiger partial charge in [-0.25, -0.2) is 4.98 Å². The third kappa shape index (κ3) is 4.03. The molecule has 2 N–H and O–H groups in total. The van der Waals surface area contributed by atoms with Gasteiger partial charge in [0.05, 0.1) is 16.6 Å². The molecule has 0 aliphatic heterocycles. The number of aromatic nitrogens is 2. The fourth-order valence-corrected chi connectivity index (χ4v) is 3.71. The van der Waals surface area contributed by atoms with Gasteiger partial charge in [-0.3, -0.25) is 10.1 Å². The molecule has 1 amide bonds. The van der Waals surface area contributed by atoms with E-state index in [0.717, 1.165) is 29.4 Å². The quantitative estimate of drug-likeness (QED) is 0.795. The van der Waals surface area contributed by atoms with E-state index >= 15 is 0 Å². The first-order chi connectivity index (χ1) is 12.5. The average molecular weight is 372 g/mol. The van der Waals surface area contributed by atoms with Gasteiger partial charge in [0.25, 0.3) is 0 Å². The van der Waals surface area contributed by atoms with E-state index in [1.807, 2.05) is 25.1 Å². The minimum absolute atomic E-state index is 0.000218. The van der Waals surface area contributed by atoms with E-state index in [-0.39, 0.29) is 17.2 Å². The van der Waals surface area contributed by atoms with Crippen molar-refractivity contribution in [3.8, 4) is 0 Å². The highest BCUT2D eigenvalue weighted by molar-refractivity contribution is 5.93. The van der Waals surface area contributed by atoms with Crippen LogP contribution in [0, 0.1) is 11.3 Å². The zero-order chi connectivity index (χ0) is 20.0. The number of fused-ring (bicyclic) bond motifs is 1. The van der Waals surface area contributed by atoms with Crippen LogP contribution < -0.4 is 5.32 Å². The van der Waals surface area contributed by atoms with Crippen molar-refractivity contribution in [2.45, 2.75) is 78.9 Å². The molecule has 148 valence electrons. The van der Waals surface area contributed by atoms with Gasteiger partial charge < -0.3 is 9.67 Å². The zero-order valence-electron chi connectivity index (χ0n) is 17.5. The van der Waals surface area contributed by atoms with E-state index in [1.165, 1.54) is 12.8 Å². The van der Waals surface area contributed by atoms with E-state index in [1.54, 1.807) is 13.8 Å². The Morgan fingerprint density at radius 3 is 2.41 bits per heavy atom. The number of carbonyl (C=O) groups excluding carboxylic acids is 1. The van der Waals surface area contributed by atoms with E-state index in [4.69, 9.17) is 4.98 Å². The number of anilines is 1. The summed E-state index contributed by atoms with van der Waals surface area (Å²) in [5.41, 5.74) is 1.68. The molecule has 2 aromatic rings. The second-order valence-electron chi connectivity index (χ2n) is 9.58. The van der Waals surface area contributed by atoms with Crippen LogP contribution in [-0.4, -0.2) is 20.6 Å². The van der Waals surface area contributed by atoms with E-state index in [0.29, 0.717) is 12.0 Å². The predicted octanol–water partition coefficient (Wildman–Crippen LogP) is 5.00. The number of aliphatic hydroxyl groups is 1. The lowest BCUT2D eigenvalue weighted by molar-refractivity contribution is -0.122. The van der Waals surface area contributed by atoms with Crippen molar-refractivity contribution in [2.24, 2.45) is 11.3 Å². The molecule has 1 aliphatic carbocycles. The molecule has 1 heterocycles. The number of amides is 1. The van der Waals surface area contributed by atoms with Gasteiger partial charge in [0, 0.05) is 12.0 Å². The van der Waals surface area contributed by atoms with Crippen LogP contribution >= 0.6 is 0 Å². The number of rotatable bonds is 4. The first-order valence-corrected chi connectivity index (χ1v) is 10.0. The molecule has 1 atom stereocenters. The molecule has 1 aromatic heterocycles. The SMILES string of the molecule is C[C@H](C(=O)Nc1nc2ccc(C(C)(C)O)cc2n1C1CCCC1)C(C)(C)C. The highest BCUT2D eigenvalue weighted by Gasteiger charge is 2.30. The zero-order valence-corrected chi connectivity index (χ0v) is 17.5. The Balaban J connectivity index is 2.06. The fourth-order valence-electron chi connectivity index (χ4n) is 3.71. The second kappa shape index (κ2) is 6.93. The van der Waals surface area contributed by atoms with Crippen LogP contribution in [0.25, 0.3) is 11.0 Å². The summed E-state index contributed by atoms with van der Waals surface area (Å²) in [6, 6.07) is 6.21. The van der Waals surface area contributed by atoms with Gasteiger partial charge in [0.2, 0.25) is 11.9 Å². The van der Waals surface area contributed by atoms with Crippen LogP contribution in [0.15, 0.2) is 18.2 Å². The lowest BCUT2D eigenvalue weighted by Gasteiger charge is -2.26. The molecule has 1 fully saturated rings. The lowest BCUT2D eigenvalue weighted by atomic mass is 9.81. The van der Waals surface area contributed by atoms with E-state index < -0.39 is 5.60 Å². The van der Waals surface area contributed by atoms with Crippen molar-refractivity contribution in [1.29, 1.82) is 0 Å². The van der Waals surface area contributed by atoms with Crippen LogP contribution in [-0.2, 0) is 10.4 Å². The van der Waals surface area contributed by atoms with Crippen molar-refractivity contribution < 1.29 is 9.90 Å². The Bertz CT molecular complexity index is 834. The van der Waals surface area contributed by atoms with Gasteiger partial charge in [-0.2, -0.15) is 0 Å². The number of benzene rings is 1. The number of carbonyl (C=O) groups is 1. The molecule has 3 rings (SSSR count). The largest absolute Gasteiger partial charge is 0.386 e. The summed E-state index contributed by atoms with van der Waals surface area (Å²) in [6.07, 6.45) is 4.58. The molecule has 0 spiro atoms. The van der Waals surface area contributed by atoms with Crippen LogP contribution in [0.4, 0.5) is 5.95 Å². The van der Waals surface area contributed by atoms with Crippen LogP contribution in [0.1, 0.15) is 78.8 Å². The Morgan fingerprint density at radius 1 is 1.22 bits per heavy atom. The summed E-state index contributed by atoms with van der Waals surface area (Å²) >= 11 is 0. The highest BCUT2D eigenvalue weighted by Crippen LogP contribution is 2.37. The first kappa shape index (κ1) is 19.9. The molecule has 5 nitrogen and oxygen atoms in total. The molecule has 0 unspecified atom stereocenters. The number of nitrogens with one attached hydrogen (secondary N) is 1. The van der Waals surface area contributed by atoms with Gasteiger partial charge in [-0.15, -0.1) is 0 Å². The molecule has 5 heteroatoms. The fraction of sp³-hybridized carbons (Fsp3) is 0.636. The maximum Gasteiger partial charge on any atom is 0.230 e. The van der Waals surface area contributed by atoms with Crippen molar-refractivity contribution in [1.82, 2.24) is 9.55 Å². The molecular weight excluding hydrogens is 338 g/mol. The summed E-state index contributed by atoms with van der Waals surface area (Å²) in [5, 5.41) is 13.5. The van der Waals surface area contributed by atoms with Gasteiger partial charge >= 0.3 is 0 Å². The predicted molar refractivity (Wildman–Crippen MR) is 110 cm³/mol. The molecule has 0 saturated heterocycles.